The Kier molecular flexibility index (Phi) is 9.25. The number of anilines is 4. The van der Waals surface area contributed by atoms with Crippen molar-refractivity contribution in [2.45, 2.75) is 89.9 Å². The molecule has 3 N–H and O–H groups in total. The summed E-state index contributed by atoms with van der Waals surface area (Å²) in [5.74, 6) is 2.15. The monoisotopic (exact) mass is 558 g/mol. The van der Waals surface area contributed by atoms with Crippen LogP contribution in [0.5, 0.6) is 0 Å². The Morgan fingerprint density at radius 3 is 2.41 bits per heavy atom. The number of rotatable bonds is 10. The molecule has 4 heterocycles. The van der Waals surface area contributed by atoms with Gasteiger partial charge in [-0.2, -0.15) is 15.3 Å². The predicted molar refractivity (Wildman–Crippen MR) is 167 cm³/mol. The molecule has 2 aliphatic heterocycles. The average molecular weight is 559 g/mol. The zero-order valence-corrected chi connectivity index (χ0v) is 25.3. The first-order chi connectivity index (χ1) is 19.9. The van der Waals surface area contributed by atoms with Gasteiger partial charge in [0.1, 0.15) is 5.82 Å². The van der Waals surface area contributed by atoms with Crippen LogP contribution in [0, 0.1) is 18.3 Å². The highest BCUT2D eigenvalue weighted by Gasteiger charge is 2.34. The Balaban J connectivity index is 1.42. The normalized spacial score (nSPS) is 22.3. The molecule has 0 saturated carbocycles. The van der Waals surface area contributed by atoms with E-state index in [0.29, 0.717) is 30.5 Å². The number of aromatic amines is 1. The summed E-state index contributed by atoms with van der Waals surface area (Å²) in [5, 5.41) is 24.7. The highest BCUT2D eigenvalue weighted by Crippen LogP contribution is 2.32. The van der Waals surface area contributed by atoms with Gasteiger partial charge < -0.3 is 20.4 Å². The second-order valence-electron chi connectivity index (χ2n) is 11.9. The minimum absolute atomic E-state index is 0.273. The van der Waals surface area contributed by atoms with E-state index in [0.717, 1.165) is 86.4 Å². The first kappa shape index (κ1) is 29.1. The minimum atomic E-state index is 0.273. The van der Waals surface area contributed by atoms with E-state index in [2.05, 4.69) is 87.7 Å². The van der Waals surface area contributed by atoms with Crippen LogP contribution in [-0.4, -0.2) is 87.9 Å². The van der Waals surface area contributed by atoms with Gasteiger partial charge in [0, 0.05) is 73.1 Å². The Bertz CT molecular complexity index is 1320. The van der Waals surface area contributed by atoms with Crippen molar-refractivity contribution in [3.63, 3.8) is 0 Å². The maximum Gasteiger partial charge on any atom is 0.225 e. The zero-order valence-electron chi connectivity index (χ0n) is 25.3. The van der Waals surface area contributed by atoms with Gasteiger partial charge in [-0.1, -0.05) is 13.8 Å². The summed E-state index contributed by atoms with van der Waals surface area (Å²) in [5.41, 5.74) is 3.13. The van der Waals surface area contributed by atoms with Crippen LogP contribution in [0.4, 0.5) is 23.3 Å². The SMILES string of the molecule is CCC1CC(Nc2nc(Nc3cc(C)[nH]n3)c3ccc(N4CCC(N(C)C)CC4)cc3n2)CC(CC)N1CCC#N. The van der Waals surface area contributed by atoms with E-state index in [1.54, 1.807) is 0 Å². The molecule has 2 aliphatic rings. The number of likely N-dealkylation sites (tertiary alicyclic amines) is 1. The largest absolute Gasteiger partial charge is 0.371 e. The standard InChI is InChI=1S/C31H46N10/c1-6-23-18-22(19-24(7-2)41(23)14-8-13-32)33-31-34-28-20-26(40-15-11-25(12-16-40)39(4)5)9-10-27(28)30(36-31)35-29-17-21(3)37-38-29/h9-10,17,20,22-25H,6-8,11-12,14-16,18-19H2,1-5H3,(H3,33,34,35,36,37,38). The van der Waals surface area contributed by atoms with Crippen LogP contribution in [0.15, 0.2) is 24.3 Å². The van der Waals surface area contributed by atoms with Gasteiger partial charge in [0.2, 0.25) is 5.95 Å². The predicted octanol–water partition coefficient (Wildman–Crippen LogP) is 5.28. The van der Waals surface area contributed by atoms with Crippen molar-refractivity contribution in [1.29, 1.82) is 5.26 Å². The Hall–Kier alpha value is -3.42. The number of nitrogens with zero attached hydrogens (tertiary/aromatic N) is 7. The van der Waals surface area contributed by atoms with E-state index >= 15 is 0 Å². The average Bonchev–Trinajstić information content (AvgIpc) is 3.39. The Labute approximate surface area is 244 Å². The molecule has 5 rings (SSSR count). The number of aromatic nitrogens is 4. The van der Waals surface area contributed by atoms with Gasteiger partial charge in [0.05, 0.1) is 11.6 Å². The van der Waals surface area contributed by atoms with Crippen molar-refractivity contribution in [2.75, 3.05) is 49.3 Å². The van der Waals surface area contributed by atoms with Crippen molar-refractivity contribution in [2.24, 2.45) is 0 Å². The van der Waals surface area contributed by atoms with E-state index in [1.807, 2.05) is 13.0 Å². The number of H-pyrrole nitrogens is 1. The lowest BCUT2D eigenvalue weighted by atomic mass is 9.88. The molecular formula is C31H46N10. The maximum atomic E-state index is 9.19. The molecule has 3 aromatic rings. The van der Waals surface area contributed by atoms with E-state index in [9.17, 15) is 5.26 Å². The molecule has 2 unspecified atom stereocenters. The van der Waals surface area contributed by atoms with Crippen molar-refractivity contribution < 1.29 is 0 Å². The van der Waals surface area contributed by atoms with Crippen molar-refractivity contribution in [3.05, 3.63) is 30.0 Å². The highest BCUT2D eigenvalue weighted by molar-refractivity contribution is 5.93. The van der Waals surface area contributed by atoms with Crippen LogP contribution in [-0.2, 0) is 0 Å². The highest BCUT2D eigenvalue weighted by atomic mass is 15.2. The van der Waals surface area contributed by atoms with Gasteiger partial charge in [0.15, 0.2) is 5.82 Å². The number of nitriles is 1. The number of hydrogen-bond donors (Lipinski definition) is 3. The van der Waals surface area contributed by atoms with Crippen molar-refractivity contribution in [1.82, 2.24) is 30.0 Å². The molecule has 0 radical (unpaired) electrons. The molecule has 2 atom stereocenters. The number of aryl methyl sites for hydroxylation is 1. The third-order valence-electron chi connectivity index (χ3n) is 9.00. The molecule has 2 fully saturated rings. The summed E-state index contributed by atoms with van der Waals surface area (Å²) >= 11 is 0. The molecule has 10 nitrogen and oxygen atoms in total. The smallest absolute Gasteiger partial charge is 0.225 e. The number of nitrogens with one attached hydrogen (secondary N) is 3. The van der Waals surface area contributed by atoms with Crippen LogP contribution in [0.3, 0.4) is 0 Å². The molecular weight excluding hydrogens is 512 g/mol. The fourth-order valence-corrected chi connectivity index (χ4v) is 6.69. The number of hydrogen-bond acceptors (Lipinski definition) is 9. The van der Waals surface area contributed by atoms with Crippen LogP contribution in [0.2, 0.25) is 0 Å². The molecule has 1 aromatic carbocycles. The fraction of sp³-hybridized carbons (Fsp3) is 0.613. The molecule has 0 bridgehead atoms. The molecule has 10 heteroatoms. The van der Waals surface area contributed by atoms with Crippen molar-refractivity contribution in [3.8, 4) is 6.07 Å². The quantitative estimate of drug-likeness (QED) is 0.306. The summed E-state index contributed by atoms with van der Waals surface area (Å²) in [7, 11) is 4.36. The van der Waals surface area contributed by atoms with Crippen LogP contribution < -0.4 is 15.5 Å². The Morgan fingerprint density at radius 1 is 1.07 bits per heavy atom. The lowest BCUT2D eigenvalue weighted by Gasteiger charge is -2.45. The number of benzene rings is 1. The van der Waals surface area contributed by atoms with Crippen LogP contribution in [0.25, 0.3) is 10.9 Å². The second kappa shape index (κ2) is 13.0. The summed E-state index contributed by atoms with van der Waals surface area (Å²) < 4.78 is 0. The summed E-state index contributed by atoms with van der Waals surface area (Å²) in [6.45, 7) is 9.43. The zero-order chi connectivity index (χ0) is 28.9. The number of fused-ring (bicyclic) bond motifs is 1. The van der Waals surface area contributed by atoms with Gasteiger partial charge in [-0.3, -0.25) is 10.00 Å². The molecule has 0 spiro atoms. The summed E-state index contributed by atoms with van der Waals surface area (Å²) in [4.78, 5) is 17.4. The topological polar surface area (TPSA) is 112 Å². The summed E-state index contributed by atoms with van der Waals surface area (Å²) in [6.07, 6.45) is 7.07. The number of piperidine rings is 2. The molecule has 41 heavy (non-hydrogen) atoms. The van der Waals surface area contributed by atoms with Crippen LogP contribution >= 0.6 is 0 Å². The maximum absolute atomic E-state index is 9.19. The molecule has 2 saturated heterocycles. The summed E-state index contributed by atoms with van der Waals surface area (Å²) in [6, 6.07) is 12.7. The third kappa shape index (κ3) is 6.74. The molecule has 2 aromatic heterocycles. The van der Waals surface area contributed by atoms with Gasteiger partial charge in [0.25, 0.3) is 0 Å². The molecule has 0 aliphatic carbocycles. The van der Waals surface area contributed by atoms with E-state index in [1.165, 1.54) is 5.69 Å². The van der Waals surface area contributed by atoms with Gasteiger partial charge >= 0.3 is 0 Å². The van der Waals surface area contributed by atoms with E-state index in [4.69, 9.17) is 9.97 Å². The second-order valence-corrected chi connectivity index (χ2v) is 11.9. The van der Waals surface area contributed by atoms with Gasteiger partial charge in [-0.05, 0) is 77.7 Å². The van der Waals surface area contributed by atoms with Crippen molar-refractivity contribution >= 4 is 34.2 Å². The third-order valence-corrected chi connectivity index (χ3v) is 9.00. The fourth-order valence-electron chi connectivity index (χ4n) is 6.69. The van der Waals surface area contributed by atoms with Crippen LogP contribution in [0.1, 0.15) is 64.5 Å². The van der Waals surface area contributed by atoms with Gasteiger partial charge in [-0.25, -0.2) is 4.98 Å². The van der Waals surface area contributed by atoms with E-state index in [-0.39, 0.29) is 6.04 Å². The molecule has 220 valence electrons. The minimum Gasteiger partial charge on any atom is -0.371 e. The lowest BCUT2D eigenvalue weighted by Crippen LogP contribution is -2.52. The first-order valence-electron chi connectivity index (χ1n) is 15.3. The Morgan fingerprint density at radius 2 is 1.80 bits per heavy atom. The molecule has 0 amide bonds. The lowest BCUT2D eigenvalue weighted by molar-refractivity contribution is 0.0734. The van der Waals surface area contributed by atoms with Gasteiger partial charge in [-0.15, -0.1) is 0 Å². The van der Waals surface area contributed by atoms with E-state index < -0.39 is 0 Å². The first-order valence-corrected chi connectivity index (χ1v) is 15.3.